The number of amides is 1. The lowest BCUT2D eigenvalue weighted by atomic mass is 9.91. The fraction of sp³-hybridized carbons (Fsp3) is 0.533. The second-order valence-corrected chi connectivity index (χ2v) is 11.5. The summed E-state index contributed by atoms with van der Waals surface area (Å²) in [6, 6.07) is 9.87. The third-order valence-electron chi connectivity index (χ3n) is 4.26. The number of carbonyl (C=O) groups is 1. The maximum absolute atomic E-state index is 11.8. The van der Waals surface area contributed by atoms with E-state index < -0.39 is 8.32 Å². The van der Waals surface area contributed by atoms with E-state index in [1.807, 2.05) is 30.3 Å². The van der Waals surface area contributed by atoms with Crippen LogP contribution >= 0.6 is 0 Å². The van der Waals surface area contributed by atoms with Gasteiger partial charge in [-0.15, -0.1) is 0 Å². The summed E-state index contributed by atoms with van der Waals surface area (Å²) >= 11 is 0. The predicted octanol–water partition coefficient (Wildman–Crippen LogP) is 3.25. The Kier molecular flexibility index (Phi) is 3.58. The highest BCUT2D eigenvalue weighted by Crippen LogP contribution is 2.40. The number of nitrogens with one attached hydrogen (secondary N) is 1. The van der Waals surface area contributed by atoms with Gasteiger partial charge in [-0.1, -0.05) is 51.1 Å². The van der Waals surface area contributed by atoms with Gasteiger partial charge in [0.05, 0.1) is 0 Å². The van der Waals surface area contributed by atoms with Crippen molar-refractivity contribution >= 4 is 14.2 Å². The first-order valence-electron chi connectivity index (χ1n) is 6.75. The molecule has 1 amide bonds. The van der Waals surface area contributed by atoms with Crippen molar-refractivity contribution in [2.24, 2.45) is 0 Å². The van der Waals surface area contributed by atoms with Crippen molar-refractivity contribution in [3.63, 3.8) is 0 Å². The van der Waals surface area contributed by atoms with Crippen LogP contribution in [0.3, 0.4) is 0 Å². The summed E-state index contributed by atoms with van der Waals surface area (Å²) in [6.45, 7) is 11.0. The molecule has 0 saturated carbocycles. The van der Waals surface area contributed by atoms with Gasteiger partial charge in [-0.2, -0.15) is 0 Å². The molecule has 1 fully saturated rings. The van der Waals surface area contributed by atoms with Crippen LogP contribution in [0.2, 0.25) is 18.1 Å². The number of carbonyl (C=O) groups excluding carboxylic acids is 1. The molecule has 0 spiro atoms. The molecule has 104 valence electrons. The lowest BCUT2D eigenvalue weighted by Gasteiger charge is -2.45. The Balaban J connectivity index is 2.13. The smallest absolute Gasteiger partial charge is 0.234 e. The van der Waals surface area contributed by atoms with Crippen LogP contribution in [0.1, 0.15) is 32.3 Å². The topological polar surface area (TPSA) is 38.3 Å². The van der Waals surface area contributed by atoms with Crippen LogP contribution in [0.5, 0.6) is 0 Å². The number of hydrogen-bond donors (Lipinski definition) is 1. The summed E-state index contributed by atoms with van der Waals surface area (Å²) in [4.78, 5) is 11.8. The minimum absolute atomic E-state index is 0.0647. The zero-order valence-electron chi connectivity index (χ0n) is 12.4. The van der Waals surface area contributed by atoms with Crippen molar-refractivity contribution in [3.05, 3.63) is 35.9 Å². The molecule has 1 aromatic carbocycles. The molecule has 0 unspecified atom stereocenters. The Morgan fingerprint density at radius 1 is 1.16 bits per heavy atom. The molecule has 1 saturated heterocycles. The van der Waals surface area contributed by atoms with Crippen molar-refractivity contribution in [1.82, 2.24) is 5.32 Å². The average molecular weight is 277 g/mol. The lowest BCUT2D eigenvalue weighted by molar-refractivity contribution is -0.138. The molecule has 3 nitrogen and oxygen atoms in total. The average Bonchev–Trinajstić information content (AvgIpc) is 2.27. The molecule has 0 radical (unpaired) electrons. The predicted molar refractivity (Wildman–Crippen MR) is 79.4 cm³/mol. The third-order valence-corrected chi connectivity index (χ3v) is 8.71. The standard InChI is InChI=1S/C15H23NO2Si/c1-15(2,3)19(4,5)18-14-12(13(17)16-14)11-9-7-6-8-10-11/h6-10,12,14H,1-5H3,(H,16,17)/t12-,14-/m0/s1. The van der Waals surface area contributed by atoms with Gasteiger partial charge in [0.2, 0.25) is 5.91 Å². The van der Waals surface area contributed by atoms with Gasteiger partial charge in [-0.3, -0.25) is 4.79 Å². The first-order valence-corrected chi connectivity index (χ1v) is 9.66. The van der Waals surface area contributed by atoms with Crippen molar-refractivity contribution in [2.75, 3.05) is 0 Å². The molecule has 0 bridgehead atoms. The van der Waals surface area contributed by atoms with Gasteiger partial charge in [-0.25, -0.2) is 0 Å². The quantitative estimate of drug-likeness (QED) is 0.680. The van der Waals surface area contributed by atoms with Gasteiger partial charge in [0.15, 0.2) is 8.32 Å². The second kappa shape index (κ2) is 4.76. The first kappa shape index (κ1) is 14.3. The Hall–Kier alpha value is -1.13. The highest BCUT2D eigenvalue weighted by Gasteiger charge is 2.47. The number of hydrogen-bond acceptors (Lipinski definition) is 2. The van der Waals surface area contributed by atoms with Crippen molar-refractivity contribution in [2.45, 2.75) is 51.0 Å². The Morgan fingerprint density at radius 2 is 1.74 bits per heavy atom. The van der Waals surface area contributed by atoms with Crippen LogP contribution in [0.25, 0.3) is 0 Å². The normalized spacial score (nSPS) is 23.7. The van der Waals surface area contributed by atoms with Gasteiger partial charge < -0.3 is 9.74 Å². The Bertz CT molecular complexity index is 465. The monoisotopic (exact) mass is 277 g/mol. The minimum Gasteiger partial charge on any atom is -0.396 e. The van der Waals surface area contributed by atoms with Crippen molar-refractivity contribution in [3.8, 4) is 0 Å². The van der Waals surface area contributed by atoms with Gasteiger partial charge in [0, 0.05) is 0 Å². The molecular weight excluding hydrogens is 254 g/mol. The van der Waals surface area contributed by atoms with Gasteiger partial charge in [0.25, 0.3) is 0 Å². The molecule has 19 heavy (non-hydrogen) atoms. The van der Waals surface area contributed by atoms with Gasteiger partial charge >= 0.3 is 0 Å². The van der Waals surface area contributed by atoms with Crippen molar-refractivity contribution < 1.29 is 9.22 Å². The van der Waals surface area contributed by atoms with Crippen LogP contribution in [0, 0.1) is 0 Å². The van der Waals surface area contributed by atoms with Crippen LogP contribution < -0.4 is 5.32 Å². The van der Waals surface area contributed by atoms with Crippen LogP contribution in [-0.4, -0.2) is 20.5 Å². The van der Waals surface area contributed by atoms with Crippen LogP contribution in [0.4, 0.5) is 0 Å². The van der Waals surface area contributed by atoms with E-state index in [0.717, 1.165) is 5.56 Å². The second-order valence-electron chi connectivity index (χ2n) is 6.70. The zero-order valence-corrected chi connectivity index (χ0v) is 13.4. The highest BCUT2D eigenvalue weighted by atomic mass is 28.4. The number of rotatable bonds is 3. The maximum Gasteiger partial charge on any atom is 0.234 e. The molecule has 1 heterocycles. The molecule has 4 heteroatoms. The summed E-state index contributed by atoms with van der Waals surface area (Å²) in [6.07, 6.45) is -0.171. The fourth-order valence-corrected chi connectivity index (χ4v) is 3.12. The van der Waals surface area contributed by atoms with Gasteiger partial charge in [-0.05, 0) is 23.7 Å². The number of β-lactam (4-membered cyclic amide) rings is 1. The van der Waals surface area contributed by atoms with Gasteiger partial charge in [0.1, 0.15) is 12.1 Å². The zero-order chi connectivity index (χ0) is 14.3. The van der Waals surface area contributed by atoms with Crippen molar-refractivity contribution in [1.29, 1.82) is 0 Å². The molecule has 1 aliphatic rings. The molecule has 2 atom stereocenters. The summed E-state index contributed by atoms with van der Waals surface area (Å²) in [5.74, 6) is -0.0924. The van der Waals surface area contributed by atoms with E-state index in [2.05, 4.69) is 39.2 Å². The summed E-state index contributed by atoms with van der Waals surface area (Å²) in [7, 11) is -1.86. The van der Waals surface area contributed by atoms with E-state index in [1.165, 1.54) is 0 Å². The van der Waals surface area contributed by atoms with E-state index in [1.54, 1.807) is 0 Å². The largest absolute Gasteiger partial charge is 0.396 e. The maximum atomic E-state index is 11.8. The first-order chi connectivity index (χ1) is 8.72. The molecule has 0 aliphatic carbocycles. The minimum atomic E-state index is -1.86. The Morgan fingerprint density at radius 3 is 2.21 bits per heavy atom. The van der Waals surface area contributed by atoms with E-state index in [9.17, 15) is 4.79 Å². The molecule has 1 aliphatic heterocycles. The lowest BCUT2D eigenvalue weighted by Crippen LogP contribution is -2.62. The fourth-order valence-electron chi connectivity index (χ4n) is 1.93. The van der Waals surface area contributed by atoms with Crippen LogP contribution in [-0.2, 0) is 9.22 Å². The van der Waals surface area contributed by atoms with E-state index in [-0.39, 0.29) is 23.1 Å². The molecule has 1 N–H and O–H groups in total. The molecular formula is C15H23NO2Si. The summed E-state index contributed by atoms with van der Waals surface area (Å²) < 4.78 is 6.28. The van der Waals surface area contributed by atoms with E-state index in [4.69, 9.17) is 4.43 Å². The third kappa shape index (κ3) is 2.74. The SMILES string of the molecule is CC(C)(C)[Si](C)(C)O[C@@H]1NC(=O)[C@@H]1c1ccccc1. The molecule has 2 rings (SSSR count). The Labute approximate surface area is 116 Å². The molecule has 1 aromatic rings. The van der Waals surface area contributed by atoms with E-state index >= 15 is 0 Å². The molecule has 0 aromatic heterocycles. The van der Waals surface area contributed by atoms with E-state index in [0.29, 0.717) is 0 Å². The summed E-state index contributed by atoms with van der Waals surface area (Å²) in [5, 5.41) is 3.04. The number of benzene rings is 1. The summed E-state index contributed by atoms with van der Waals surface area (Å²) in [5.41, 5.74) is 1.04. The highest BCUT2D eigenvalue weighted by molar-refractivity contribution is 6.74. The van der Waals surface area contributed by atoms with Crippen LogP contribution in [0.15, 0.2) is 30.3 Å².